The summed E-state index contributed by atoms with van der Waals surface area (Å²) in [5.41, 5.74) is 4.74. The van der Waals surface area contributed by atoms with Crippen LogP contribution in [0.15, 0.2) is 66.1 Å². The van der Waals surface area contributed by atoms with Gasteiger partial charge in [-0.25, -0.2) is 4.68 Å². The number of ketones is 1. The van der Waals surface area contributed by atoms with Crippen molar-refractivity contribution < 1.29 is 9.53 Å². The van der Waals surface area contributed by atoms with Crippen LogP contribution in [-0.4, -0.2) is 20.5 Å². The number of rotatable bonds is 5. The van der Waals surface area contributed by atoms with Gasteiger partial charge in [-0.3, -0.25) is 4.79 Å². The minimum atomic E-state index is -0.335. The second-order valence-electron chi connectivity index (χ2n) is 6.94. The highest BCUT2D eigenvalue weighted by molar-refractivity contribution is 5.96. The van der Waals surface area contributed by atoms with Gasteiger partial charge in [0.15, 0.2) is 5.78 Å². The lowest BCUT2D eigenvalue weighted by atomic mass is 9.93. The number of aromatic nitrogens is 3. The van der Waals surface area contributed by atoms with E-state index >= 15 is 0 Å². The maximum Gasteiger partial charge on any atom is 0.226 e. The Labute approximate surface area is 163 Å². The molecule has 4 rings (SSSR count). The van der Waals surface area contributed by atoms with Crippen molar-refractivity contribution in [1.29, 1.82) is 0 Å². The highest BCUT2D eigenvalue weighted by Crippen LogP contribution is 2.36. The van der Waals surface area contributed by atoms with Gasteiger partial charge in [0.05, 0.1) is 0 Å². The van der Waals surface area contributed by atoms with E-state index < -0.39 is 0 Å². The first-order valence-corrected chi connectivity index (χ1v) is 9.20. The molecule has 0 saturated carbocycles. The van der Waals surface area contributed by atoms with E-state index in [1.54, 1.807) is 11.6 Å². The molecule has 0 fully saturated rings. The SMILES string of the molecule is CC(=O)C1=C(C)Nc2ncnn2C1c1cccc(OCc2ccccc2C)c1. The zero-order chi connectivity index (χ0) is 19.7. The van der Waals surface area contributed by atoms with Gasteiger partial charge in [-0.1, -0.05) is 36.4 Å². The van der Waals surface area contributed by atoms with Gasteiger partial charge in [-0.05, 0) is 49.6 Å². The number of benzene rings is 2. The maximum atomic E-state index is 12.4. The quantitative estimate of drug-likeness (QED) is 0.730. The fourth-order valence-corrected chi connectivity index (χ4v) is 3.56. The van der Waals surface area contributed by atoms with Crippen LogP contribution in [0.1, 0.15) is 36.6 Å². The molecular formula is C22H22N4O2. The molecule has 0 bridgehead atoms. The number of fused-ring (bicyclic) bond motifs is 1. The summed E-state index contributed by atoms with van der Waals surface area (Å²) >= 11 is 0. The first-order valence-electron chi connectivity index (χ1n) is 9.20. The van der Waals surface area contributed by atoms with Crippen LogP contribution in [0.3, 0.4) is 0 Å². The van der Waals surface area contributed by atoms with Crippen molar-refractivity contribution in [2.45, 2.75) is 33.4 Å². The Kier molecular flexibility index (Phi) is 4.69. The number of ether oxygens (including phenoxy) is 1. The van der Waals surface area contributed by atoms with Gasteiger partial charge >= 0.3 is 0 Å². The number of Topliss-reactive ketones (excluding diaryl/α,β-unsaturated/α-hetero) is 1. The molecule has 6 nitrogen and oxygen atoms in total. The third kappa shape index (κ3) is 3.29. The van der Waals surface area contributed by atoms with Gasteiger partial charge in [-0.2, -0.15) is 10.1 Å². The van der Waals surface area contributed by atoms with Crippen LogP contribution < -0.4 is 10.1 Å². The lowest BCUT2D eigenvalue weighted by molar-refractivity contribution is -0.114. The fourth-order valence-electron chi connectivity index (χ4n) is 3.56. The number of allylic oxidation sites excluding steroid dienone is 2. The standard InChI is InChI=1S/C22H22N4O2/c1-14-7-4-5-8-18(14)12-28-19-10-6-9-17(11-19)21-20(16(3)27)15(2)25-22-23-13-24-26(21)22/h4-11,13,21H,12H2,1-3H3,(H,23,24,25). The molecule has 1 aliphatic rings. The average Bonchev–Trinajstić information content (AvgIpc) is 3.14. The zero-order valence-corrected chi connectivity index (χ0v) is 16.1. The molecule has 0 amide bonds. The van der Waals surface area contributed by atoms with Crippen LogP contribution in [0.5, 0.6) is 5.75 Å². The monoisotopic (exact) mass is 374 g/mol. The van der Waals surface area contributed by atoms with Crippen molar-refractivity contribution in [2.24, 2.45) is 0 Å². The molecule has 1 aliphatic heterocycles. The van der Waals surface area contributed by atoms with Gasteiger partial charge in [0.1, 0.15) is 24.7 Å². The fraction of sp³-hybridized carbons (Fsp3) is 0.227. The predicted octanol–water partition coefficient (Wildman–Crippen LogP) is 4.04. The van der Waals surface area contributed by atoms with E-state index in [0.717, 1.165) is 22.6 Å². The molecule has 1 aromatic heterocycles. The van der Waals surface area contributed by atoms with E-state index in [9.17, 15) is 4.79 Å². The Morgan fingerprint density at radius 2 is 2.00 bits per heavy atom. The normalized spacial score (nSPS) is 15.8. The van der Waals surface area contributed by atoms with Crippen LogP contribution in [0.4, 0.5) is 5.95 Å². The molecule has 142 valence electrons. The zero-order valence-electron chi connectivity index (χ0n) is 16.1. The van der Waals surface area contributed by atoms with Crippen molar-refractivity contribution in [3.8, 4) is 5.75 Å². The number of hydrogen-bond acceptors (Lipinski definition) is 5. The number of carbonyl (C=O) groups excluding carboxylic acids is 1. The van der Waals surface area contributed by atoms with Crippen molar-refractivity contribution in [3.63, 3.8) is 0 Å². The lowest BCUT2D eigenvalue weighted by Crippen LogP contribution is -2.27. The summed E-state index contributed by atoms with van der Waals surface area (Å²) in [4.78, 5) is 16.6. The van der Waals surface area contributed by atoms with E-state index in [2.05, 4.69) is 34.5 Å². The molecule has 3 aromatic rings. The summed E-state index contributed by atoms with van der Waals surface area (Å²) in [6, 6.07) is 15.6. The van der Waals surface area contributed by atoms with Crippen molar-refractivity contribution in [2.75, 3.05) is 5.32 Å². The van der Waals surface area contributed by atoms with Gasteiger partial charge in [0, 0.05) is 11.3 Å². The van der Waals surface area contributed by atoms with Crippen molar-refractivity contribution in [3.05, 3.63) is 82.8 Å². The van der Waals surface area contributed by atoms with Gasteiger partial charge in [0.2, 0.25) is 5.95 Å². The third-order valence-electron chi connectivity index (χ3n) is 5.00. The topological polar surface area (TPSA) is 69.0 Å². The Morgan fingerprint density at radius 3 is 2.79 bits per heavy atom. The summed E-state index contributed by atoms with van der Waals surface area (Å²) in [6.45, 7) is 6.03. The van der Waals surface area contributed by atoms with Crippen LogP contribution in [-0.2, 0) is 11.4 Å². The van der Waals surface area contributed by atoms with Crippen molar-refractivity contribution >= 4 is 11.7 Å². The first kappa shape index (κ1) is 18.0. The molecule has 0 saturated heterocycles. The van der Waals surface area contributed by atoms with Crippen LogP contribution in [0.25, 0.3) is 0 Å². The van der Waals surface area contributed by atoms with E-state index in [1.807, 2.05) is 43.3 Å². The van der Waals surface area contributed by atoms with E-state index in [4.69, 9.17) is 4.74 Å². The number of hydrogen-bond donors (Lipinski definition) is 1. The molecule has 0 spiro atoms. The number of anilines is 1. The Bertz CT molecular complexity index is 1070. The number of aryl methyl sites for hydroxylation is 1. The van der Waals surface area contributed by atoms with Gasteiger partial charge in [-0.15, -0.1) is 0 Å². The predicted molar refractivity (Wildman–Crippen MR) is 107 cm³/mol. The van der Waals surface area contributed by atoms with Crippen LogP contribution in [0, 0.1) is 6.92 Å². The third-order valence-corrected chi connectivity index (χ3v) is 5.00. The molecule has 1 N–H and O–H groups in total. The molecule has 2 heterocycles. The minimum Gasteiger partial charge on any atom is -0.489 e. The molecule has 1 atom stereocenters. The number of carbonyl (C=O) groups is 1. The van der Waals surface area contributed by atoms with Crippen LogP contribution >= 0.6 is 0 Å². The Morgan fingerprint density at radius 1 is 1.18 bits per heavy atom. The largest absolute Gasteiger partial charge is 0.489 e. The second kappa shape index (κ2) is 7.31. The maximum absolute atomic E-state index is 12.4. The molecule has 6 heteroatoms. The summed E-state index contributed by atoms with van der Waals surface area (Å²) < 4.78 is 7.77. The number of nitrogens with zero attached hydrogens (tertiary/aromatic N) is 3. The second-order valence-corrected chi connectivity index (χ2v) is 6.94. The average molecular weight is 374 g/mol. The Balaban J connectivity index is 1.67. The molecule has 2 aromatic carbocycles. The summed E-state index contributed by atoms with van der Waals surface area (Å²) in [6.07, 6.45) is 1.49. The lowest BCUT2D eigenvalue weighted by Gasteiger charge is -2.28. The molecule has 1 unspecified atom stereocenters. The smallest absolute Gasteiger partial charge is 0.226 e. The summed E-state index contributed by atoms with van der Waals surface area (Å²) in [5.74, 6) is 1.38. The van der Waals surface area contributed by atoms with E-state index in [0.29, 0.717) is 18.1 Å². The highest BCUT2D eigenvalue weighted by Gasteiger charge is 2.31. The van der Waals surface area contributed by atoms with Crippen LogP contribution in [0.2, 0.25) is 0 Å². The number of nitrogens with one attached hydrogen (secondary N) is 1. The van der Waals surface area contributed by atoms with E-state index in [1.165, 1.54) is 11.9 Å². The summed E-state index contributed by atoms with van der Waals surface area (Å²) in [5, 5.41) is 7.49. The van der Waals surface area contributed by atoms with Gasteiger partial charge in [0.25, 0.3) is 0 Å². The van der Waals surface area contributed by atoms with Crippen molar-refractivity contribution in [1.82, 2.24) is 14.8 Å². The molecule has 0 radical (unpaired) electrons. The first-order chi connectivity index (χ1) is 13.5. The minimum absolute atomic E-state index is 0.00221. The Hall–Kier alpha value is -3.41. The highest BCUT2D eigenvalue weighted by atomic mass is 16.5. The van der Waals surface area contributed by atoms with E-state index in [-0.39, 0.29) is 11.8 Å². The molecule has 28 heavy (non-hydrogen) atoms. The molecular weight excluding hydrogens is 352 g/mol. The summed E-state index contributed by atoms with van der Waals surface area (Å²) in [7, 11) is 0. The van der Waals surface area contributed by atoms with Gasteiger partial charge < -0.3 is 10.1 Å². The molecule has 0 aliphatic carbocycles.